The number of halogens is 1. The first kappa shape index (κ1) is 14.6. The van der Waals surface area contributed by atoms with Crippen molar-refractivity contribution in [1.29, 1.82) is 0 Å². The molecule has 0 bridgehead atoms. The summed E-state index contributed by atoms with van der Waals surface area (Å²) in [6.45, 7) is 1.70. The van der Waals surface area contributed by atoms with E-state index in [0.717, 1.165) is 0 Å². The summed E-state index contributed by atoms with van der Waals surface area (Å²) in [4.78, 5) is 15.3. The SMILES string of the molecule is Cc1ccc(CS(=O)(=O)NC(=O)c2cscn2)c(F)c1. The maximum Gasteiger partial charge on any atom is 0.284 e. The topological polar surface area (TPSA) is 76.1 Å². The first-order valence-electron chi connectivity index (χ1n) is 5.55. The van der Waals surface area contributed by atoms with E-state index < -0.39 is 27.5 Å². The summed E-state index contributed by atoms with van der Waals surface area (Å²) in [6, 6.07) is 4.24. The number of aryl methyl sites for hydroxylation is 1. The van der Waals surface area contributed by atoms with Gasteiger partial charge in [-0.3, -0.25) is 4.79 Å². The van der Waals surface area contributed by atoms with Gasteiger partial charge in [0.15, 0.2) is 0 Å². The van der Waals surface area contributed by atoms with E-state index >= 15 is 0 Å². The van der Waals surface area contributed by atoms with Gasteiger partial charge in [0.05, 0.1) is 11.3 Å². The third kappa shape index (κ3) is 3.61. The number of carbonyl (C=O) groups excluding carboxylic acids is 1. The fraction of sp³-hybridized carbons (Fsp3) is 0.167. The predicted molar refractivity (Wildman–Crippen MR) is 73.3 cm³/mol. The molecule has 0 atom stereocenters. The lowest BCUT2D eigenvalue weighted by Crippen LogP contribution is -2.32. The van der Waals surface area contributed by atoms with E-state index in [9.17, 15) is 17.6 Å². The van der Waals surface area contributed by atoms with Crippen molar-refractivity contribution in [3.63, 3.8) is 0 Å². The summed E-state index contributed by atoms with van der Waals surface area (Å²) >= 11 is 1.18. The fourth-order valence-corrected chi connectivity index (χ4v) is 3.16. The van der Waals surface area contributed by atoms with Crippen molar-refractivity contribution in [2.24, 2.45) is 0 Å². The van der Waals surface area contributed by atoms with E-state index in [1.807, 2.05) is 4.72 Å². The number of nitrogens with one attached hydrogen (secondary N) is 1. The fourth-order valence-electron chi connectivity index (χ4n) is 1.53. The van der Waals surface area contributed by atoms with E-state index in [4.69, 9.17) is 0 Å². The molecular weight excluding hydrogens is 303 g/mol. The van der Waals surface area contributed by atoms with E-state index in [-0.39, 0.29) is 11.3 Å². The highest BCUT2D eigenvalue weighted by atomic mass is 32.2. The molecule has 5 nitrogen and oxygen atoms in total. The van der Waals surface area contributed by atoms with E-state index in [2.05, 4.69) is 4.98 Å². The molecule has 0 fully saturated rings. The Kier molecular flexibility index (Phi) is 4.15. The molecule has 0 unspecified atom stereocenters. The summed E-state index contributed by atoms with van der Waals surface area (Å²) in [5, 5.41) is 1.43. The Hall–Kier alpha value is -1.80. The number of benzene rings is 1. The molecule has 0 radical (unpaired) electrons. The van der Waals surface area contributed by atoms with Crippen LogP contribution in [0.25, 0.3) is 0 Å². The van der Waals surface area contributed by atoms with Crippen molar-refractivity contribution in [1.82, 2.24) is 9.71 Å². The Morgan fingerprint density at radius 2 is 2.20 bits per heavy atom. The molecule has 2 aromatic rings. The highest BCUT2D eigenvalue weighted by molar-refractivity contribution is 7.89. The second-order valence-electron chi connectivity index (χ2n) is 4.16. The van der Waals surface area contributed by atoms with Gasteiger partial charge in [-0.05, 0) is 18.6 Å². The molecule has 106 valence electrons. The van der Waals surface area contributed by atoms with Crippen molar-refractivity contribution >= 4 is 27.3 Å². The third-order valence-electron chi connectivity index (χ3n) is 2.47. The Morgan fingerprint density at radius 3 is 2.80 bits per heavy atom. The van der Waals surface area contributed by atoms with Crippen LogP contribution in [-0.2, 0) is 15.8 Å². The molecule has 1 amide bonds. The van der Waals surface area contributed by atoms with Crippen LogP contribution >= 0.6 is 11.3 Å². The molecule has 1 aromatic heterocycles. The van der Waals surface area contributed by atoms with Crippen molar-refractivity contribution in [2.75, 3.05) is 0 Å². The average molecular weight is 314 g/mol. The van der Waals surface area contributed by atoms with Gasteiger partial charge in [0, 0.05) is 10.9 Å². The Balaban J connectivity index is 2.13. The largest absolute Gasteiger partial charge is 0.284 e. The van der Waals surface area contributed by atoms with Gasteiger partial charge >= 0.3 is 0 Å². The molecule has 0 aliphatic carbocycles. The van der Waals surface area contributed by atoms with Gasteiger partial charge < -0.3 is 0 Å². The van der Waals surface area contributed by atoms with Crippen LogP contribution in [0.3, 0.4) is 0 Å². The second-order valence-corrected chi connectivity index (χ2v) is 6.60. The standard InChI is InChI=1S/C12H11FN2O3S2/c1-8-2-3-9(10(13)4-8)6-20(17,18)15-12(16)11-5-19-7-14-11/h2-5,7H,6H2,1H3,(H,15,16). The Labute approximate surface area is 119 Å². The van der Waals surface area contributed by atoms with Crippen LogP contribution in [0.4, 0.5) is 4.39 Å². The number of aromatic nitrogens is 1. The van der Waals surface area contributed by atoms with Crippen molar-refractivity contribution < 1.29 is 17.6 Å². The van der Waals surface area contributed by atoms with Crippen LogP contribution in [-0.4, -0.2) is 19.3 Å². The molecular formula is C12H11FN2O3S2. The van der Waals surface area contributed by atoms with Crippen LogP contribution in [0.15, 0.2) is 29.1 Å². The maximum atomic E-state index is 13.6. The zero-order valence-electron chi connectivity index (χ0n) is 10.5. The summed E-state index contributed by atoms with van der Waals surface area (Å²) in [6.07, 6.45) is 0. The number of thiazole rings is 1. The monoisotopic (exact) mass is 314 g/mol. The molecule has 0 spiro atoms. The van der Waals surface area contributed by atoms with Gasteiger partial charge in [-0.25, -0.2) is 22.5 Å². The molecule has 8 heteroatoms. The predicted octanol–water partition coefficient (Wildman–Crippen LogP) is 1.85. The summed E-state index contributed by atoms with van der Waals surface area (Å²) in [5.74, 6) is -2.04. The minimum Gasteiger partial charge on any atom is -0.266 e. The summed E-state index contributed by atoms with van der Waals surface area (Å²) in [5.41, 5.74) is 2.13. The zero-order valence-corrected chi connectivity index (χ0v) is 12.1. The first-order chi connectivity index (χ1) is 9.37. The number of hydrogen-bond acceptors (Lipinski definition) is 5. The number of nitrogens with zero attached hydrogens (tertiary/aromatic N) is 1. The number of amides is 1. The minimum atomic E-state index is -3.97. The number of hydrogen-bond donors (Lipinski definition) is 1. The minimum absolute atomic E-state index is 0.00850. The number of sulfonamides is 1. The summed E-state index contributed by atoms with van der Waals surface area (Å²) in [7, 11) is -3.97. The molecule has 20 heavy (non-hydrogen) atoms. The highest BCUT2D eigenvalue weighted by Gasteiger charge is 2.19. The summed E-state index contributed by atoms with van der Waals surface area (Å²) < 4.78 is 39.1. The lowest BCUT2D eigenvalue weighted by molar-refractivity contribution is 0.0977. The number of rotatable bonds is 4. The second kappa shape index (κ2) is 5.68. The van der Waals surface area contributed by atoms with Crippen LogP contribution in [0, 0.1) is 12.7 Å². The van der Waals surface area contributed by atoms with Crippen molar-refractivity contribution in [2.45, 2.75) is 12.7 Å². The Bertz CT molecular complexity index is 727. The third-order valence-corrected chi connectivity index (χ3v) is 4.24. The van der Waals surface area contributed by atoms with Crippen LogP contribution in [0.2, 0.25) is 0 Å². The van der Waals surface area contributed by atoms with E-state index in [1.165, 1.54) is 34.4 Å². The van der Waals surface area contributed by atoms with Crippen LogP contribution < -0.4 is 4.72 Å². The van der Waals surface area contributed by atoms with Crippen LogP contribution in [0.1, 0.15) is 21.6 Å². The van der Waals surface area contributed by atoms with Crippen LogP contribution in [0.5, 0.6) is 0 Å². The van der Waals surface area contributed by atoms with Gasteiger partial charge in [0.25, 0.3) is 5.91 Å². The quantitative estimate of drug-likeness (QED) is 0.934. The lowest BCUT2D eigenvalue weighted by atomic mass is 10.2. The normalized spacial score (nSPS) is 11.3. The molecule has 0 saturated carbocycles. The highest BCUT2D eigenvalue weighted by Crippen LogP contribution is 2.13. The zero-order chi connectivity index (χ0) is 14.8. The van der Waals surface area contributed by atoms with Gasteiger partial charge in [0.1, 0.15) is 11.5 Å². The van der Waals surface area contributed by atoms with Crippen molar-refractivity contribution in [3.05, 3.63) is 51.7 Å². The number of carbonyl (C=O) groups is 1. The van der Waals surface area contributed by atoms with Crippen molar-refractivity contribution in [3.8, 4) is 0 Å². The van der Waals surface area contributed by atoms with Gasteiger partial charge in [0.2, 0.25) is 10.0 Å². The molecule has 1 aromatic carbocycles. The molecule has 0 aliphatic heterocycles. The first-order valence-corrected chi connectivity index (χ1v) is 8.15. The van der Waals surface area contributed by atoms with E-state index in [1.54, 1.807) is 13.0 Å². The maximum absolute atomic E-state index is 13.6. The molecule has 1 heterocycles. The van der Waals surface area contributed by atoms with E-state index in [0.29, 0.717) is 5.56 Å². The average Bonchev–Trinajstić information content (AvgIpc) is 2.86. The van der Waals surface area contributed by atoms with Gasteiger partial charge in [-0.2, -0.15) is 0 Å². The molecule has 2 rings (SSSR count). The van der Waals surface area contributed by atoms with Gasteiger partial charge in [-0.15, -0.1) is 11.3 Å². The van der Waals surface area contributed by atoms with Gasteiger partial charge in [-0.1, -0.05) is 12.1 Å². The lowest BCUT2D eigenvalue weighted by Gasteiger charge is -2.07. The Morgan fingerprint density at radius 1 is 1.45 bits per heavy atom. The molecule has 1 N–H and O–H groups in total. The molecule has 0 aliphatic rings. The molecule has 0 saturated heterocycles. The smallest absolute Gasteiger partial charge is 0.266 e.